The molecule has 0 unspecified atom stereocenters. The number of aromatic amines is 1. The van der Waals surface area contributed by atoms with Crippen LogP contribution in [0.1, 0.15) is 24.8 Å². The van der Waals surface area contributed by atoms with E-state index in [1.54, 1.807) is 11.6 Å². The summed E-state index contributed by atoms with van der Waals surface area (Å²) in [6.45, 7) is 5.25. The van der Waals surface area contributed by atoms with E-state index in [0.717, 1.165) is 36.3 Å². The normalized spacial score (nSPS) is 19.6. The summed E-state index contributed by atoms with van der Waals surface area (Å²) in [6.07, 6.45) is 7.50. The minimum Gasteiger partial charge on any atom is -0.381 e. The highest BCUT2D eigenvalue weighted by atomic mass is 16.5. The van der Waals surface area contributed by atoms with Gasteiger partial charge in [-0.2, -0.15) is 0 Å². The number of rotatable bonds is 3. The lowest BCUT2D eigenvalue weighted by molar-refractivity contribution is 0.0190. The molecule has 0 aliphatic carbocycles. The number of hydrogen-bond acceptors (Lipinski definition) is 3. The van der Waals surface area contributed by atoms with E-state index < -0.39 is 0 Å². The van der Waals surface area contributed by atoms with Crippen LogP contribution >= 0.6 is 0 Å². The van der Waals surface area contributed by atoms with Crippen LogP contribution in [0.4, 0.5) is 0 Å². The second-order valence-corrected chi connectivity index (χ2v) is 8.49. The Labute approximate surface area is 164 Å². The number of pyridine rings is 1. The Bertz CT molecular complexity index is 1040. The molecular formula is C23H27N3O2. The number of nitrogens with zero attached hydrogens (tertiary/aromatic N) is 2. The summed E-state index contributed by atoms with van der Waals surface area (Å²) in [4.78, 5) is 18.0. The van der Waals surface area contributed by atoms with E-state index in [-0.39, 0.29) is 5.56 Å². The van der Waals surface area contributed by atoms with Crippen LogP contribution in [0.3, 0.4) is 0 Å². The largest absolute Gasteiger partial charge is 0.381 e. The summed E-state index contributed by atoms with van der Waals surface area (Å²) in [5, 5.41) is 0.983. The number of hydrogen-bond donors (Lipinski definition) is 1. The summed E-state index contributed by atoms with van der Waals surface area (Å²) < 4.78 is 7.16. The molecule has 3 aromatic rings. The quantitative estimate of drug-likeness (QED) is 0.760. The second kappa shape index (κ2) is 6.90. The third kappa shape index (κ3) is 3.09. The minimum absolute atomic E-state index is 0.0106. The molecule has 2 fully saturated rings. The fraction of sp³-hybridized carbons (Fsp3) is 0.435. The maximum absolute atomic E-state index is 12.3. The molecule has 0 atom stereocenters. The lowest BCUT2D eigenvalue weighted by atomic mass is 9.80. The standard InChI is InChI=1S/C23H27N3O2/c1-25-10-6-19-20(14-24-21(19)22(25)27)18-4-2-17(3-5-18)15-26-11-7-23(16-26)8-12-28-13-9-23/h2-6,10,14,24H,7-9,11-13,15-16H2,1H3. The van der Waals surface area contributed by atoms with Gasteiger partial charge in [-0.1, -0.05) is 24.3 Å². The van der Waals surface area contributed by atoms with Crippen molar-refractivity contribution >= 4 is 10.9 Å². The van der Waals surface area contributed by atoms with E-state index in [1.165, 1.54) is 37.9 Å². The highest BCUT2D eigenvalue weighted by Gasteiger charge is 2.39. The number of nitrogens with one attached hydrogen (secondary N) is 1. The van der Waals surface area contributed by atoms with Crippen LogP contribution in [0.2, 0.25) is 0 Å². The molecule has 2 aliphatic rings. The molecule has 0 radical (unpaired) electrons. The number of aryl methyl sites for hydroxylation is 1. The molecule has 5 nitrogen and oxygen atoms in total. The molecule has 1 N–H and O–H groups in total. The first kappa shape index (κ1) is 17.7. The molecule has 28 heavy (non-hydrogen) atoms. The van der Waals surface area contributed by atoms with Gasteiger partial charge >= 0.3 is 0 Å². The lowest BCUT2D eigenvalue weighted by Crippen LogP contribution is -2.32. The molecule has 2 aliphatic heterocycles. The lowest BCUT2D eigenvalue weighted by Gasteiger charge is -2.33. The van der Waals surface area contributed by atoms with Gasteiger partial charge in [-0.15, -0.1) is 0 Å². The van der Waals surface area contributed by atoms with Crippen LogP contribution in [-0.4, -0.2) is 40.8 Å². The van der Waals surface area contributed by atoms with Crippen molar-refractivity contribution in [2.75, 3.05) is 26.3 Å². The first-order valence-corrected chi connectivity index (χ1v) is 10.2. The molecule has 0 amide bonds. The smallest absolute Gasteiger partial charge is 0.274 e. The zero-order valence-corrected chi connectivity index (χ0v) is 16.4. The predicted octanol–water partition coefficient (Wildman–Crippen LogP) is 3.54. The Kier molecular flexibility index (Phi) is 4.37. The molecule has 5 heteroatoms. The molecule has 2 aromatic heterocycles. The van der Waals surface area contributed by atoms with Crippen molar-refractivity contribution in [1.82, 2.24) is 14.5 Å². The van der Waals surface area contributed by atoms with Crippen LogP contribution in [0.15, 0.2) is 47.5 Å². The molecule has 1 aromatic carbocycles. The molecule has 2 saturated heterocycles. The van der Waals surface area contributed by atoms with Crippen molar-refractivity contribution in [3.8, 4) is 11.1 Å². The van der Waals surface area contributed by atoms with E-state index in [4.69, 9.17) is 4.74 Å². The highest BCUT2D eigenvalue weighted by molar-refractivity contribution is 5.94. The van der Waals surface area contributed by atoms with Crippen LogP contribution in [0, 0.1) is 5.41 Å². The van der Waals surface area contributed by atoms with Gasteiger partial charge in [0.05, 0.1) is 0 Å². The SMILES string of the molecule is Cn1ccc2c(-c3ccc(CN4CCC5(CCOCC5)C4)cc3)c[nH]c2c1=O. The molecule has 1 spiro atoms. The van der Waals surface area contributed by atoms with E-state index in [9.17, 15) is 4.79 Å². The van der Waals surface area contributed by atoms with Crippen molar-refractivity contribution in [2.24, 2.45) is 12.5 Å². The maximum atomic E-state index is 12.3. The maximum Gasteiger partial charge on any atom is 0.274 e. The van der Waals surface area contributed by atoms with E-state index in [0.29, 0.717) is 10.9 Å². The summed E-state index contributed by atoms with van der Waals surface area (Å²) in [5.74, 6) is 0. The fourth-order valence-corrected chi connectivity index (χ4v) is 4.88. The molecule has 0 bridgehead atoms. The van der Waals surface area contributed by atoms with Crippen LogP contribution in [0.25, 0.3) is 22.0 Å². The summed E-state index contributed by atoms with van der Waals surface area (Å²) in [6, 6.07) is 10.8. The van der Waals surface area contributed by atoms with Crippen molar-refractivity contribution in [1.29, 1.82) is 0 Å². The van der Waals surface area contributed by atoms with Crippen LogP contribution < -0.4 is 5.56 Å². The van der Waals surface area contributed by atoms with Gasteiger partial charge in [0, 0.05) is 56.7 Å². The zero-order valence-electron chi connectivity index (χ0n) is 16.4. The van der Waals surface area contributed by atoms with E-state index in [1.807, 2.05) is 18.5 Å². The third-order valence-electron chi connectivity index (χ3n) is 6.66. The van der Waals surface area contributed by atoms with E-state index >= 15 is 0 Å². The van der Waals surface area contributed by atoms with Gasteiger partial charge in [0.15, 0.2) is 0 Å². The molecule has 0 saturated carbocycles. The van der Waals surface area contributed by atoms with E-state index in [2.05, 4.69) is 34.1 Å². The van der Waals surface area contributed by atoms with Gasteiger partial charge in [0.2, 0.25) is 0 Å². The summed E-state index contributed by atoms with van der Waals surface area (Å²) in [5.41, 5.74) is 4.75. The average molecular weight is 377 g/mol. The second-order valence-electron chi connectivity index (χ2n) is 8.49. The Hall–Kier alpha value is -2.37. The Morgan fingerprint density at radius 3 is 2.68 bits per heavy atom. The summed E-state index contributed by atoms with van der Waals surface area (Å²) >= 11 is 0. The van der Waals surface area contributed by atoms with Gasteiger partial charge in [-0.05, 0) is 48.4 Å². The highest BCUT2D eigenvalue weighted by Crippen LogP contribution is 2.40. The monoisotopic (exact) mass is 377 g/mol. The van der Waals surface area contributed by atoms with Crippen molar-refractivity contribution < 1.29 is 4.74 Å². The van der Waals surface area contributed by atoms with Gasteiger partial charge in [0.1, 0.15) is 5.52 Å². The number of benzene rings is 1. The molecule has 4 heterocycles. The number of fused-ring (bicyclic) bond motifs is 1. The van der Waals surface area contributed by atoms with Crippen molar-refractivity contribution in [3.05, 3.63) is 58.6 Å². The van der Waals surface area contributed by atoms with Crippen LogP contribution in [-0.2, 0) is 18.3 Å². The van der Waals surface area contributed by atoms with Gasteiger partial charge < -0.3 is 14.3 Å². The molecule has 5 rings (SSSR count). The fourth-order valence-electron chi connectivity index (χ4n) is 4.88. The Balaban J connectivity index is 1.33. The number of aromatic nitrogens is 2. The average Bonchev–Trinajstić information content (AvgIpc) is 3.31. The third-order valence-corrected chi connectivity index (χ3v) is 6.66. The first-order valence-electron chi connectivity index (χ1n) is 10.2. The molecular weight excluding hydrogens is 350 g/mol. The molecule has 146 valence electrons. The zero-order chi connectivity index (χ0) is 19.1. The Morgan fingerprint density at radius 1 is 1.11 bits per heavy atom. The Morgan fingerprint density at radius 2 is 1.89 bits per heavy atom. The number of likely N-dealkylation sites (tertiary alicyclic amines) is 1. The predicted molar refractivity (Wildman–Crippen MR) is 111 cm³/mol. The minimum atomic E-state index is 0.0106. The number of ether oxygens (including phenoxy) is 1. The van der Waals surface area contributed by atoms with Crippen molar-refractivity contribution in [3.63, 3.8) is 0 Å². The topological polar surface area (TPSA) is 50.3 Å². The van der Waals surface area contributed by atoms with Crippen molar-refractivity contribution in [2.45, 2.75) is 25.8 Å². The number of H-pyrrole nitrogens is 1. The first-order chi connectivity index (χ1) is 13.6. The van der Waals surface area contributed by atoms with Gasteiger partial charge in [-0.3, -0.25) is 9.69 Å². The van der Waals surface area contributed by atoms with Gasteiger partial charge in [-0.25, -0.2) is 0 Å². The summed E-state index contributed by atoms with van der Waals surface area (Å²) in [7, 11) is 1.78. The van der Waals surface area contributed by atoms with Crippen LogP contribution in [0.5, 0.6) is 0 Å². The van der Waals surface area contributed by atoms with Gasteiger partial charge in [0.25, 0.3) is 5.56 Å².